The summed E-state index contributed by atoms with van der Waals surface area (Å²) in [5.41, 5.74) is 1.41. The highest BCUT2D eigenvalue weighted by molar-refractivity contribution is 7.99. The van der Waals surface area contributed by atoms with Crippen LogP contribution in [0.4, 0.5) is 0 Å². The third-order valence-electron chi connectivity index (χ3n) is 5.46. The Morgan fingerprint density at radius 2 is 1.97 bits per heavy atom. The largest absolute Gasteiger partial charge is 0.379 e. The number of rotatable bonds is 8. The molecule has 1 saturated heterocycles. The second kappa shape index (κ2) is 10.1. The van der Waals surface area contributed by atoms with Crippen molar-refractivity contribution in [1.82, 2.24) is 14.5 Å². The molecule has 4 rings (SSSR count). The second-order valence-electron chi connectivity index (χ2n) is 7.71. The van der Waals surface area contributed by atoms with Gasteiger partial charge in [0.05, 0.1) is 29.9 Å². The van der Waals surface area contributed by atoms with Gasteiger partial charge in [0, 0.05) is 41.5 Å². The molecule has 1 fully saturated rings. The summed E-state index contributed by atoms with van der Waals surface area (Å²) in [4.78, 5) is 35.3. The fourth-order valence-corrected chi connectivity index (χ4v) is 5.70. The minimum Gasteiger partial charge on any atom is -0.379 e. The number of benzene rings is 1. The Labute approximate surface area is 190 Å². The fourth-order valence-electron chi connectivity index (χ4n) is 3.85. The van der Waals surface area contributed by atoms with E-state index in [1.54, 1.807) is 15.9 Å². The topological polar surface area (TPSA) is 64.4 Å². The van der Waals surface area contributed by atoms with Crippen LogP contribution < -0.4 is 5.56 Å². The lowest BCUT2D eigenvalue weighted by molar-refractivity contribution is 0.0368. The summed E-state index contributed by atoms with van der Waals surface area (Å²) in [5, 5.41) is 1.23. The molecule has 2 aromatic heterocycles. The molecule has 0 N–H and O–H groups in total. The molecule has 0 spiro atoms. The lowest BCUT2D eigenvalue weighted by atomic mass is 10.2. The first-order valence-corrected chi connectivity index (χ1v) is 12.4. The number of aryl methyl sites for hydroxylation is 2. The van der Waals surface area contributed by atoms with Crippen LogP contribution in [0.15, 0.2) is 40.3 Å². The van der Waals surface area contributed by atoms with Gasteiger partial charge >= 0.3 is 0 Å². The quantitative estimate of drug-likeness (QED) is 0.291. The van der Waals surface area contributed by atoms with E-state index in [-0.39, 0.29) is 17.1 Å². The Morgan fingerprint density at radius 3 is 2.71 bits per heavy atom. The van der Waals surface area contributed by atoms with Crippen molar-refractivity contribution in [2.45, 2.75) is 32.0 Å². The van der Waals surface area contributed by atoms with Crippen LogP contribution in [0.25, 0.3) is 10.9 Å². The number of carbonyl (C=O) groups is 1. The molecule has 3 aromatic rings. The maximum Gasteiger partial charge on any atom is 0.262 e. The average Bonchev–Trinajstić information content (AvgIpc) is 3.12. The zero-order valence-electron chi connectivity index (χ0n) is 17.9. The summed E-state index contributed by atoms with van der Waals surface area (Å²) in [6.07, 6.45) is 0.851. The Hall–Kier alpha value is -2.00. The molecule has 0 radical (unpaired) electrons. The van der Waals surface area contributed by atoms with Crippen LogP contribution in [-0.2, 0) is 11.3 Å². The number of carbonyl (C=O) groups excluding carboxylic acids is 1. The predicted molar refractivity (Wildman–Crippen MR) is 127 cm³/mol. The van der Waals surface area contributed by atoms with Crippen molar-refractivity contribution in [2.24, 2.45) is 0 Å². The van der Waals surface area contributed by atoms with Crippen LogP contribution in [0.1, 0.15) is 26.5 Å². The maximum absolute atomic E-state index is 13.2. The van der Waals surface area contributed by atoms with E-state index in [4.69, 9.17) is 9.72 Å². The molecule has 0 amide bonds. The molecule has 0 aliphatic carbocycles. The van der Waals surface area contributed by atoms with Crippen LogP contribution in [-0.4, -0.2) is 58.8 Å². The van der Waals surface area contributed by atoms with Gasteiger partial charge in [-0.2, -0.15) is 0 Å². The molecule has 0 unspecified atom stereocenters. The highest BCUT2D eigenvalue weighted by atomic mass is 32.2. The first-order chi connectivity index (χ1) is 15.0. The summed E-state index contributed by atoms with van der Waals surface area (Å²) in [5.74, 6) is 0.347. The summed E-state index contributed by atoms with van der Waals surface area (Å²) < 4.78 is 7.15. The fraction of sp³-hybridized carbons (Fsp3) is 0.435. The van der Waals surface area contributed by atoms with Crippen molar-refractivity contribution in [3.63, 3.8) is 0 Å². The highest BCUT2D eigenvalue weighted by Gasteiger charge is 2.17. The van der Waals surface area contributed by atoms with Gasteiger partial charge in [-0.25, -0.2) is 4.98 Å². The molecule has 1 aliphatic heterocycles. The molecule has 1 aliphatic rings. The first kappa shape index (κ1) is 22.2. The van der Waals surface area contributed by atoms with Gasteiger partial charge in [0.15, 0.2) is 10.9 Å². The number of aromatic nitrogens is 2. The normalized spacial score (nSPS) is 14.9. The molecule has 0 saturated carbocycles. The van der Waals surface area contributed by atoms with Crippen LogP contribution >= 0.6 is 23.1 Å². The molecule has 0 bridgehead atoms. The Bertz CT molecular complexity index is 1130. The monoisotopic (exact) mass is 457 g/mol. The summed E-state index contributed by atoms with van der Waals surface area (Å²) >= 11 is 2.99. The highest BCUT2D eigenvalue weighted by Crippen LogP contribution is 2.24. The molecule has 3 heterocycles. The number of morpholine rings is 1. The number of ketones is 1. The SMILES string of the molecule is Cc1cc(C(=O)CSc2nc3ccccc3c(=O)n2CCCN2CCOCC2)c(C)s1. The van der Waals surface area contributed by atoms with E-state index in [9.17, 15) is 9.59 Å². The first-order valence-electron chi connectivity index (χ1n) is 10.6. The van der Waals surface area contributed by atoms with E-state index in [1.807, 2.05) is 44.2 Å². The van der Waals surface area contributed by atoms with Crippen LogP contribution in [0, 0.1) is 13.8 Å². The summed E-state index contributed by atoms with van der Waals surface area (Å²) in [6.45, 7) is 8.88. The zero-order chi connectivity index (χ0) is 21.8. The van der Waals surface area contributed by atoms with Gasteiger partial charge in [-0.1, -0.05) is 23.9 Å². The van der Waals surface area contributed by atoms with Crippen molar-refractivity contribution >= 4 is 39.8 Å². The van der Waals surface area contributed by atoms with Crippen molar-refractivity contribution < 1.29 is 9.53 Å². The van der Waals surface area contributed by atoms with Crippen molar-refractivity contribution in [3.05, 3.63) is 56.0 Å². The Morgan fingerprint density at radius 1 is 1.19 bits per heavy atom. The van der Waals surface area contributed by atoms with E-state index in [1.165, 1.54) is 11.8 Å². The van der Waals surface area contributed by atoms with Crippen molar-refractivity contribution in [2.75, 3.05) is 38.6 Å². The third-order valence-corrected chi connectivity index (χ3v) is 7.40. The number of hydrogen-bond acceptors (Lipinski definition) is 7. The molecule has 0 atom stereocenters. The van der Waals surface area contributed by atoms with E-state index >= 15 is 0 Å². The number of nitrogens with zero attached hydrogens (tertiary/aromatic N) is 3. The van der Waals surface area contributed by atoms with Crippen LogP contribution in [0.2, 0.25) is 0 Å². The predicted octanol–water partition coefficient (Wildman–Crippen LogP) is 3.77. The third kappa shape index (κ3) is 5.26. The average molecular weight is 458 g/mol. The lowest BCUT2D eigenvalue weighted by Gasteiger charge is -2.26. The van der Waals surface area contributed by atoms with E-state index in [2.05, 4.69) is 4.90 Å². The number of ether oxygens (including phenoxy) is 1. The van der Waals surface area contributed by atoms with Crippen LogP contribution in [0.3, 0.4) is 0 Å². The van der Waals surface area contributed by atoms with Gasteiger partial charge in [-0.3, -0.25) is 19.1 Å². The maximum atomic E-state index is 13.2. The Balaban J connectivity index is 1.53. The Kier molecular flexibility index (Phi) is 7.22. The zero-order valence-corrected chi connectivity index (χ0v) is 19.6. The summed E-state index contributed by atoms with van der Waals surface area (Å²) in [6, 6.07) is 9.37. The smallest absolute Gasteiger partial charge is 0.262 e. The number of hydrogen-bond donors (Lipinski definition) is 0. The molecule has 6 nitrogen and oxygen atoms in total. The van der Waals surface area contributed by atoms with E-state index < -0.39 is 0 Å². The lowest BCUT2D eigenvalue weighted by Crippen LogP contribution is -2.37. The number of para-hydroxylation sites is 1. The molecule has 8 heteroatoms. The van der Waals surface area contributed by atoms with Gasteiger partial charge in [0.1, 0.15) is 0 Å². The minimum atomic E-state index is -0.0370. The number of fused-ring (bicyclic) bond motifs is 1. The summed E-state index contributed by atoms with van der Waals surface area (Å²) in [7, 11) is 0. The molecular weight excluding hydrogens is 430 g/mol. The number of thiophene rings is 1. The van der Waals surface area contributed by atoms with Gasteiger partial charge in [0.2, 0.25) is 0 Å². The van der Waals surface area contributed by atoms with Gasteiger partial charge in [0.25, 0.3) is 5.56 Å². The molecular formula is C23H27N3O3S2. The van der Waals surface area contributed by atoms with Gasteiger partial charge < -0.3 is 4.74 Å². The molecule has 164 valence electrons. The second-order valence-corrected chi connectivity index (χ2v) is 10.1. The number of thioether (sulfide) groups is 1. The van der Waals surface area contributed by atoms with E-state index in [0.717, 1.165) is 54.6 Å². The van der Waals surface area contributed by atoms with Crippen molar-refractivity contribution in [3.8, 4) is 0 Å². The van der Waals surface area contributed by atoms with E-state index in [0.29, 0.717) is 22.6 Å². The minimum absolute atomic E-state index is 0.0370. The standard InChI is InChI=1S/C23H27N3O3S2/c1-16-14-19(17(2)31-16)21(27)15-30-23-24-20-7-4-3-6-18(20)22(28)26(23)9-5-8-25-10-12-29-13-11-25/h3-4,6-7,14H,5,8-13,15H2,1-2H3. The number of Topliss-reactive ketones (excluding diaryl/α,β-unsaturated/α-hetero) is 1. The van der Waals surface area contributed by atoms with Crippen LogP contribution in [0.5, 0.6) is 0 Å². The van der Waals surface area contributed by atoms with Gasteiger partial charge in [-0.05, 0) is 38.5 Å². The molecule has 31 heavy (non-hydrogen) atoms. The van der Waals surface area contributed by atoms with Gasteiger partial charge in [-0.15, -0.1) is 11.3 Å². The molecule has 1 aromatic carbocycles. The van der Waals surface area contributed by atoms with Crippen molar-refractivity contribution in [1.29, 1.82) is 0 Å².